The molecule has 0 aromatic rings. The van der Waals surface area contributed by atoms with Crippen molar-refractivity contribution in [3.63, 3.8) is 0 Å². The first-order chi connectivity index (χ1) is 9.22. The fourth-order valence-corrected chi connectivity index (χ4v) is 3.56. The molecule has 106 valence electrons. The summed E-state index contributed by atoms with van der Waals surface area (Å²) in [5.41, 5.74) is 0. The zero-order chi connectivity index (χ0) is 13.7. The summed E-state index contributed by atoms with van der Waals surface area (Å²) >= 11 is 1.62. The molecule has 1 saturated heterocycles. The van der Waals surface area contributed by atoms with Gasteiger partial charge < -0.3 is 9.64 Å². The van der Waals surface area contributed by atoms with Gasteiger partial charge in [-0.15, -0.1) is 11.8 Å². The van der Waals surface area contributed by atoms with Crippen molar-refractivity contribution in [3.8, 4) is 0 Å². The second-order valence-electron chi connectivity index (χ2n) is 5.01. The lowest BCUT2D eigenvalue weighted by atomic mass is 9.95. The Morgan fingerprint density at radius 2 is 2.26 bits per heavy atom. The van der Waals surface area contributed by atoms with Crippen LogP contribution >= 0.6 is 11.8 Å². The minimum atomic E-state index is -0.378. The maximum Gasteiger partial charge on any atom is 0.329 e. The van der Waals surface area contributed by atoms with E-state index in [4.69, 9.17) is 4.74 Å². The number of nitrogens with zero attached hydrogens (tertiary/aromatic N) is 1. The molecule has 0 aromatic carbocycles. The molecular formula is C14H21NO3S. The van der Waals surface area contributed by atoms with Crippen molar-refractivity contribution in [2.75, 3.05) is 18.2 Å². The summed E-state index contributed by atoms with van der Waals surface area (Å²) in [7, 11) is 0. The molecule has 0 radical (unpaired) electrons. The Labute approximate surface area is 118 Å². The zero-order valence-electron chi connectivity index (χ0n) is 11.3. The summed E-state index contributed by atoms with van der Waals surface area (Å²) in [4.78, 5) is 25.4. The molecule has 0 saturated carbocycles. The van der Waals surface area contributed by atoms with Crippen LogP contribution in [0.5, 0.6) is 0 Å². The number of esters is 1. The Morgan fingerprint density at radius 3 is 2.95 bits per heavy atom. The van der Waals surface area contributed by atoms with Crippen molar-refractivity contribution < 1.29 is 14.3 Å². The normalized spacial score (nSPS) is 26.5. The molecule has 19 heavy (non-hydrogen) atoms. The van der Waals surface area contributed by atoms with E-state index >= 15 is 0 Å². The van der Waals surface area contributed by atoms with Crippen LogP contribution in [0.15, 0.2) is 12.2 Å². The Morgan fingerprint density at radius 1 is 1.42 bits per heavy atom. The van der Waals surface area contributed by atoms with Crippen molar-refractivity contribution in [1.82, 2.24) is 4.90 Å². The summed E-state index contributed by atoms with van der Waals surface area (Å²) in [5, 5.41) is 0. The molecular weight excluding hydrogens is 262 g/mol. The quantitative estimate of drug-likeness (QED) is 0.586. The minimum absolute atomic E-state index is 0.0348. The van der Waals surface area contributed by atoms with Gasteiger partial charge in [0.25, 0.3) is 0 Å². The van der Waals surface area contributed by atoms with E-state index in [9.17, 15) is 9.59 Å². The van der Waals surface area contributed by atoms with Gasteiger partial charge in [-0.25, -0.2) is 4.79 Å². The van der Waals surface area contributed by atoms with Crippen LogP contribution < -0.4 is 0 Å². The van der Waals surface area contributed by atoms with Crippen LogP contribution in [0, 0.1) is 5.92 Å². The predicted octanol–water partition coefficient (Wildman–Crippen LogP) is 2.20. The van der Waals surface area contributed by atoms with Crippen LogP contribution in [-0.4, -0.2) is 41.1 Å². The molecule has 1 aliphatic heterocycles. The zero-order valence-corrected chi connectivity index (χ0v) is 12.2. The van der Waals surface area contributed by atoms with Crippen molar-refractivity contribution in [2.24, 2.45) is 5.92 Å². The van der Waals surface area contributed by atoms with E-state index in [-0.39, 0.29) is 17.9 Å². The van der Waals surface area contributed by atoms with Crippen molar-refractivity contribution >= 4 is 23.6 Å². The number of rotatable bonds is 4. The molecule has 2 rings (SSSR count). The number of thioether (sulfide) groups is 1. The number of carbonyl (C=O) groups excluding carboxylic acids is 2. The van der Waals surface area contributed by atoms with Crippen LogP contribution in [-0.2, 0) is 14.3 Å². The summed E-state index contributed by atoms with van der Waals surface area (Å²) in [5.74, 6) is 1.51. The van der Waals surface area contributed by atoms with Gasteiger partial charge in [0.1, 0.15) is 6.04 Å². The summed E-state index contributed by atoms with van der Waals surface area (Å²) in [6.07, 6.45) is 7.92. The second kappa shape index (κ2) is 6.98. The molecule has 0 aromatic heterocycles. The highest BCUT2D eigenvalue weighted by Gasteiger charge is 2.35. The number of amides is 1. The van der Waals surface area contributed by atoms with Crippen molar-refractivity contribution in [1.29, 1.82) is 0 Å². The van der Waals surface area contributed by atoms with E-state index in [1.165, 1.54) is 0 Å². The monoisotopic (exact) mass is 283 g/mol. The largest absolute Gasteiger partial charge is 0.464 e. The summed E-state index contributed by atoms with van der Waals surface area (Å²) in [6.45, 7) is 2.31. The van der Waals surface area contributed by atoms with Gasteiger partial charge in [0.15, 0.2) is 0 Å². The van der Waals surface area contributed by atoms with Crippen molar-refractivity contribution in [2.45, 2.75) is 38.6 Å². The summed E-state index contributed by atoms with van der Waals surface area (Å²) in [6, 6.07) is -0.378. The fraction of sp³-hybridized carbons (Fsp3) is 0.714. The Balaban J connectivity index is 1.81. The standard InChI is InChI=1S/C14H21NO3S/c1-2-13(16)15-10-19-9-12(15)14(17)18-8-11-6-4-3-5-7-11/h3-4,11-12H,2,5-10H2,1H3/t11-,12+/m0/s1. The number of carbonyl (C=O) groups is 2. The van der Waals surface area contributed by atoms with E-state index in [1.54, 1.807) is 16.7 Å². The van der Waals surface area contributed by atoms with Crippen LogP contribution in [0.25, 0.3) is 0 Å². The first-order valence-corrected chi connectivity index (χ1v) is 8.06. The van der Waals surface area contributed by atoms with Crippen LogP contribution in [0.1, 0.15) is 32.6 Å². The average molecular weight is 283 g/mol. The first kappa shape index (κ1) is 14.4. The molecule has 1 aliphatic carbocycles. The number of hydrogen-bond acceptors (Lipinski definition) is 4. The Kier molecular flexibility index (Phi) is 5.31. The lowest BCUT2D eigenvalue weighted by Gasteiger charge is -2.23. The van der Waals surface area contributed by atoms with E-state index in [2.05, 4.69) is 12.2 Å². The first-order valence-electron chi connectivity index (χ1n) is 6.91. The van der Waals surface area contributed by atoms with Crippen LogP contribution in [0.2, 0.25) is 0 Å². The van der Waals surface area contributed by atoms with Gasteiger partial charge >= 0.3 is 5.97 Å². The predicted molar refractivity (Wildman–Crippen MR) is 75.7 cm³/mol. The third kappa shape index (κ3) is 3.75. The van der Waals surface area contributed by atoms with Gasteiger partial charge in [0.05, 0.1) is 12.5 Å². The number of allylic oxidation sites excluding steroid dienone is 2. The molecule has 0 unspecified atom stereocenters. The third-order valence-corrected chi connectivity index (χ3v) is 4.63. The molecule has 2 atom stereocenters. The highest BCUT2D eigenvalue weighted by Crippen LogP contribution is 2.24. The van der Waals surface area contributed by atoms with Crippen LogP contribution in [0.3, 0.4) is 0 Å². The maximum absolute atomic E-state index is 12.1. The molecule has 1 amide bonds. The van der Waals surface area contributed by atoms with Gasteiger partial charge in [0.2, 0.25) is 5.91 Å². The van der Waals surface area contributed by atoms with E-state index < -0.39 is 0 Å². The Hall–Kier alpha value is -0.970. The third-order valence-electron chi connectivity index (χ3n) is 3.62. The second-order valence-corrected chi connectivity index (χ2v) is 6.01. The van der Waals surface area contributed by atoms with Gasteiger partial charge in [-0.2, -0.15) is 0 Å². The summed E-state index contributed by atoms with van der Waals surface area (Å²) < 4.78 is 5.41. The topological polar surface area (TPSA) is 46.6 Å². The molecule has 4 nitrogen and oxygen atoms in total. The molecule has 5 heteroatoms. The fourth-order valence-electron chi connectivity index (χ4n) is 2.39. The van der Waals surface area contributed by atoms with E-state index in [1.807, 2.05) is 6.92 Å². The Bertz CT molecular complexity index is 370. The highest BCUT2D eigenvalue weighted by molar-refractivity contribution is 7.99. The van der Waals surface area contributed by atoms with Gasteiger partial charge in [0, 0.05) is 12.2 Å². The lowest BCUT2D eigenvalue weighted by molar-refractivity contribution is -0.154. The molecule has 2 aliphatic rings. The molecule has 0 N–H and O–H groups in total. The molecule has 0 spiro atoms. The lowest BCUT2D eigenvalue weighted by Crippen LogP contribution is -2.42. The molecule has 1 heterocycles. The van der Waals surface area contributed by atoms with E-state index in [0.717, 1.165) is 19.3 Å². The average Bonchev–Trinajstić information content (AvgIpc) is 2.94. The van der Waals surface area contributed by atoms with Gasteiger partial charge in [-0.3, -0.25) is 4.79 Å². The van der Waals surface area contributed by atoms with Gasteiger partial charge in [-0.05, 0) is 25.2 Å². The van der Waals surface area contributed by atoms with Crippen molar-refractivity contribution in [3.05, 3.63) is 12.2 Å². The smallest absolute Gasteiger partial charge is 0.329 e. The minimum Gasteiger partial charge on any atom is -0.464 e. The molecule has 1 fully saturated rings. The van der Waals surface area contributed by atoms with E-state index in [0.29, 0.717) is 30.6 Å². The highest BCUT2D eigenvalue weighted by atomic mass is 32.2. The SMILES string of the molecule is CCC(=O)N1CSC[C@@H]1C(=O)OC[C@H]1CC=CCC1. The maximum atomic E-state index is 12.1. The molecule has 0 bridgehead atoms. The number of ether oxygens (including phenoxy) is 1. The van der Waals surface area contributed by atoms with Crippen LogP contribution in [0.4, 0.5) is 0 Å². The van der Waals surface area contributed by atoms with Gasteiger partial charge in [-0.1, -0.05) is 19.1 Å². The number of hydrogen-bond donors (Lipinski definition) is 0.